The van der Waals surface area contributed by atoms with Gasteiger partial charge in [-0.2, -0.15) is 13.2 Å². The zero-order valence-electron chi connectivity index (χ0n) is 18.4. The highest BCUT2D eigenvalue weighted by Crippen LogP contribution is 2.29. The smallest absolute Gasteiger partial charge is 0.379 e. The van der Waals surface area contributed by atoms with E-state index in [-0.39, 0.29) is 12.5 Å². The van der Waals surface area contributed by atoms with E-state index in [4.69, 9.17) is 4.74 Å². The lowest BCUT2D eigenvalue weighted by Gasteiger charge is -2.27. The summed E-state index contributed by atoms with van der Waals surface area (Å²) < 4.78 is 43.7. The first kappa shape index (κ1) is 24.9. The molecule has 0 bridgehead atoms. The van der Waals surface area contributed by atoms with Crippen LogP contribution in [0.2, 0.25) is 0 Å². The molecule has 1 aromatic carbocycles. The molecule has 1 aromatic rings. The van der Waals surface area contributed by atoms with Gasteiger partial charge < -0.3 is 19.9 Å². The molecule has 0 aromatic heterocycles. The maximum Gasteiger partial charge on any atom is 0.416 e. The van der Waals surface area contributed by atoms with Crippen molar-refractivity contribution in [2.75, 3.05) is 67.1 Å². The van der Waals surface area contributed by atoms with Crippen LogP contribution in [0.5, 0.6) is 0 Å². The summed E-state index contributed by atoms with van der Waals surface area (Å²) in [7, 11) is 5.13. The molecular formula is C21H32F3N5O2. The van der Waals surface area contributed by atoms with Crippen LogP contribution >= 0.6 is 0 Å². The van der Waals surface area contributed by atoms with Gasteiger partial charge in [0.25, 0.3) is 0 Å². The Morgan fingerprint density at radius 3 is 2.39 bits per heavy atom. The number of benzene rings is 1. The molecular weight excluding hydrogens is 411 g/mol. The Kier molecular flexibility index (Phi) is 9.57. The van der Waals surface area contributed by atoms with E-state index in [1.165, 1.54) is 17.0 Å². The summed E-state index contributed by atoms with van der Waals surface area (Å²) >= 11 is 0. The monoisotopic (exact) mass is 443 g/mol. The number of aliphatic imine (C=N–C) groups is 1. The number of morpholine rings is 1. The number of halogens is 3. The van der Waals surface area contributed by atoms with Crippen molar-refractivity contribution in [1.82, 2.24) is 20.0 Å². The van der Waals surface area contributed by atoms with E-state index in [9.17, 15) is 18.0 Å². The zero-order valence-corrected chi connectivity index (χ0v) is 18.4. The Labute approximate surface area is 181 Å². The Hall–Kier alpha value is -2.33. The number of guanidine groups is 1. The molecule has 0 atom stereocenters. The van der Waals surface area contributed by atoms with Crippen LogP contribution in [0.25, 0.3) is 0 Å². The number of nitrogens with zero attached hydrogens (tertiary/aromatic N) is 4. The molecule has 0 saturated carbocycles. The highest BCUT2D eigenvalue weighted by atomic mass is 19.4. The van der Waals surface area contributed by atoms with Crippen LogP contribution in [0.1, 0.15) is 17.5 Å². The maximum absolute atomic E-state index is 12.8. The van der Waals surface area contributed by atoms with Gasteiger partial charge >= 0.3 is 6.18 Å². The number of rotatable bonds is 8. The van der Waals surface area contributed by atoms with Crippen LogP contribution in [-0.2, 0) is 22.3 Å². The topological polar surface area (TPSA) is 60.4 Å². The quantitative estimate of drug-likeness (QED) is 0.378. The second kappa shape index (κ2) is 11.9. The average Bonchev–Trinajstić information content (AvgIpc) is 2.73. The average molecular weight is 444 g/mol. The second-order valence-corrected chi connectivity index (χ2v) is 7.71. The molecule has 10 heteroatoms. The van der Waals surface area contributed by atoms with Crippen LogP contribution in [0.4, 0.5) is 13.2 Å². The van der Waals surface area contributed by atoms with E-state index in [1.807, 2.05) is 0 Å². The Morgan fingerprint density at radius 1 is 1.16 bits per heavy atom. The van der Waals surface area contributed by atoms with Crippen LogP contribution in [0.3, 0.4) is 0 Å². The largest absolute Gasteiger partial charge is 0.416 e. The van der Waals surface area contributed by atoms with Crippen molar-refractivity contribution in [3.63, 3.8) is 0 Å². The van der Waals surface area contributed by atoms with E-state index < -0.39 is 11.7 Å². The highest BCUT2D eigenvalue weighted by molar-refractivity contribution is 5.84. The Balaban J connectivity index is 1.95. The predicted octanol–water partition coefficient (Wildman–Crippen LogP) is 1.89. The van der Waals surface area contributed by atoms with Crippen molar-refractivity contribution in [3.8, 4) is 0 Å². The van der Waals surface area contributed by atoms with Crippen LogP contribution < -0.4 is 5.32 Å². The number of likely N-dealkylation sites (N-methyl/N-ethyl adjacent to an activating group) is 1. The van der Waals surface area contributed by atoms with E-state index in [0.717, 1.165) is 57.0 Å². The van der Waals surface area contributed by atoms with E-state index in [2.05, 4.69) is 15.2 Å². The van der Waals surface area contributed by atoms with Crippen molar-refractivity contribution in [3.05, 3.63) is 35.4 Å². The maximum atomic E-state index is 12.8. The molecule has 7 nitrogen and oxygen atoms in total. The van der Waals surface area contributed by atoms with Gasteiger partial charge in [-0.05, 0) is 30.7 Å². The van der Waals surface area contributed by atoms with Gasteiger partial charge in [0.05, 0.1) is 18.8 Å². The van der Waals surface area contributed by atoms with Gasteiger partial charge in [0.15, 0.2) is 5.96 Å². The minimum absolute atomic E-state index is 0.00382. The number of carbonyl (C=O) groups excluding carboxylic acids is 1. The first-order valence-corrected chi connectivity index (χ1v) is 10.3. The van der Waals surface area contributed by atoms with Gasteiger partial charge in [-0.15, -0.1) is 0 Å². The van der Waals surface area contributed by atoms with E-state index >= 15 is 0 Å². The molecule has 0 unspecified atom stereocenters. The molecule has 0 aliphatic carbocycles. The zero-order chi connectivity index (χ0) is 22.9. The molecule has 1 aliphatic heterocycles. The third kappa shape index (κ3) is 8.74. The van der Waals surface area contributed by atoms with Crippen molar-refractivity contribution in [2.45, 2.75) is 19.1 Å². The third-order valence-electron chi connectivity index (χ3n) is 4.96. The molecule has 174 valence electrons. The molecule has 1 N–H and O–H groups in total. The van der Waals surface area contributed by atoms with Crippen molar-refractivity contribution >= 4 is 11.9 Å². The summed E-state index contributed by atoms with van der Waals surface area (Å²) in [6.07, 6.45) is -3.46. The van der Waals surface area contributed by atoms with Crippen LogP contribution in [-0.4, -0.2) is 93.6 Å². The minimum Gasteiger partial charge on any atom is -0.379 e. The van der Waals surface area contributed by atoms with Gasteiger partial charge in [-0.1, -0.05) is 12.1 Å². The summed E-state index contributed by atoms with van der Waals surface area (Å²) in [5, 5.41) is 3.28. The van der Waals surface area contributed by atoms with Crippen molar-refractivity contribution < 1.29 is 22.7 Å². The van der Waals surface area contributed by atoms with E-state index in [1.54, 1.807) is 26.0 Å². The van der Waals surface area contributed by atoms with E-state index in [0.29, 0.717) is 19.0 Å². The van der Waals surface area contributed by atoms with Crippen LogP contribution in [0.15, 0.2) is 29.3 Å². The Morgan fingerprint density at radius 2 is 1.81 bits per heavy atom. The first-order chi connectivity index (χ1) is 14.7. The molecule has 1 heterocycles. The molecule has 1 amide bonds. The molecule has 1 saturated heterocycles. The predicted molar refractivity (Wildman–Crippen MR) is 114 cm³/mol. The highest BCUT2D eigenvalue weighted by Gasteiger charge is 2.30. The molecule has 0 spiro atoms. The lowest BCUT2D eigenvalue weighted by Crippen LogP contribution is -2.42. The number of carbonyl (C=O) groups is 1. The number of hydrogen-bond acceptors (Lipinski definition) is 4. The lowest BCUT2D eigenvalue weighted by atomic mass is 10.1. The summed E-state index contributed by atoms with van der Waals surface area (Å²) in [5.41, 5.74) is 0.0443. The second-order valence-electron chi connectivity index (χ2n) is 7.71. The van der Waals surface area contributed by atoms with Crippen LogP contribution in [0, 0.1) is 0 Å². The summed E-state index contributed by atoms with van der Waals surface area (Å²) in [6.45, 7) is 5.32. The fourth-order valence-corrected chi connectivity index (χ4v) is 3.07. The van der Waals surface area contributed by atoms with Crippen molar-refractivity contribution in [1.29, 1.82) is 0 Å². The fourth-order valence-electron chi connectivity index (χ4n) is 3.07. The molecule has 1 aliphatic rings. The molecule has 1 fully saturated rings. The van der Waals surface area contributed by atoms with Gasteiger partial charge in [0, 0.05) is 47.3 Å². The number of nitrogens with one attached hydrogen (secondary N) is 1. The van der Waals surface area contributed by atoms with Gasteiger partial charge in [-0.3, -0.25) is 9.69 Å². The fraction of sp³-hybridized carbons (Fsp3) is 0.619. The summed E-state index contributed by atoms with van der Waals surface area (Å²) in [4.78, 5) is 22.0. The van der Waals surface area contributed by atoms with Gasteiger partial charge in [0.2, 0.25) is 5.91 Å². The third-order valence-corrected chi connectivity index (χ3v) is 4.96. The first-order valence-electron chi connectivity index (χ1n) is 10.3. The number of alkyl halides is 3. The number of amides is 1. The molecule has 2 rings (SSSR count). The minimum atomic E-state index is -4.36. The summed E-state index contributed by atoms with van der Waals surface area (Å²) in [5.74, 6) is 0.410. The Bertz CT molecular complexity index is 717. The normalized spacial score (nSPS) is 15.6. The van der Waals surface area contributed by atoms with Gasteiger partial charge in [0.1, 0.15) is 6.54 Å². The number of ether oxygens (including phenoxy) is 1. The molecule has 0 radical (unpaired) electrons. The number of hydrogen-bond donors (Lipinski definition) is 1. The lowest BCUT2D eigenvalue weighted by molar-refractivity contribution is -0.137. The standard InChI is InChI=1S/C21H32F3N5O2/c1-27(2)19(30)15-26-20(25-9-4-10-29-11-13-31-14-12-29)28(3)16-17-5-7-18(8-6-17)21(22,23)24/h5-8H,4,9-16H2,1-3H3,(H,25,26). The molecule has 31 heavy (non-hydrogen) atoms. The summed E-state index contributed by atoms with van der Waals surface area (Å²) in [6, 6.07) is 5.07. The van der Waals surface area contributed by atoms with Crippen molar-refractivity contribution in [2.24, 2.45) is 4.99 Å². The van der Waals surface area contributed by atoms with Gasteiger partial charge in [-0.25, -0.2) is 4.99 Å². The SMILES string of the molecule is CN(C)C(=O)CN=C(NCCCN1CCOCC1)N(C)Cc1ccc(C(F)(F)F)cc1.